The Morgan fingerprint density at radius 1 is 1.19 bits per heavy atom. The van der Waals surface area contributed by atoms with Crippen molar-refractivity contribution in [1.82, 2.24) is 20.4 Å². The standard InChI is InChI=1S/C21H30N4O2/c1-15-12-25(13-17-6-4-3-5-7-17)14-19(15)23-20(18-8-10-26-11-9-18)21-22-16(2)24-27-21/h3-7,15,18-20,23H,8-14H2,1-2H3. The van der Waals surface area contributed by atoms with Gasteiger partial charge in [0.15, 0.2) is 5.82 Å². The Bertz CT molecular complexity index is 714. The van der Waals surface area contributed by atoms with E-state index in [0.29, 0.717) is 23.7 Å². The quantitative estimate of drug-likeness (QED) is 0.843. The van der Waals surface area contributed by atoms with Crippen LogP contribution < -0.4 is 5.32 Å². The van der Waals surface area contributed by atoms with Gasteiger partial charge in [-0.05, 0) is 37.2 Å². The van der Waals surface area contributed by atoms with E-state index in [2.05, 4.69) is 57.6 Å². The molecule has 2 fully saturated rings. The molecule has 6 nitrogen and oxygen atoms in total. The fourth-order valence-corrected chi connectivity index (χ4v) is 4.38. The van der Waals surface area contributed by atoms with E-state index in [1.54, 1.807) is 0 Å². The normalized spacial score (nSPS) is 25.7. The number of aryl methyl sites for hydroxylation is 1. The van der Waals surface area contributed by atoms with Crippen molar-refractivity contribution in [2.24, 2.45) is 11.8 Å². The number of ether oxygens (including phenoxy) is 1. The van der Waals surface area contributed by atoms with Crippen LogP contribution >= 0.6 is 0 Å². The molecule has 6 heteroatoms. The number of rotatable bonds is 6. The summed E-state index contributed by atoms with van der Waals surface area (Å²) in [5, 5.41) is 7.92. The zero-order valence-corrected chi connectivity index (χ0v) is 16.3. The number of aromatic nitrogens is 2. The van der Waals surface area contributed by atoms with E-state index in [4.69, 9.17) is 9.26 Å². The fourth-order valence-electron chi connectivity index (χ4n) is 4.38. The Morgan fingerprint density at radius 3 is 2.67 bits per heavy atom. The molecule has 0 bridgehead atoms. The SMILES string of the molecule is Cc1noc(C(NC2CN(Cc3ccccc3)CC2C)C2CCOCC2)n1. The van der Waals surface area contributed by atoms with E-state index in [-0.39, 0.29) is 6.04 Å². The molecule has 0 amide bonds. The lowest BCUT2D eigenvalue weighted by Gasteiger charge is -2.31. The molecule has 3 atom stereocenters. The maximum absolute atomic E-state index is 5.57. The Kier molecular flexibility index (Phi) is 5.86. The van der Waals surface area contributed by atoms with Crippen LogP contribution in [0.15, 0.2) is 34.9 Å². The van der Waals surface area contributed by atoms with Crippen molar-refractivity contribution in [3.05, 3.63) is 47.6 Å². The van der Waals surface area contributed by atoms with Crippen LogP contribution in [0.1, 0.15) is 43.1 Å². The predicted molar refractivity (Wildman–Crippen MR) is 103 cm³/mol. The van der Waals surface area contributed by atoms with Gasteiger partial charge < -0.3 is 14.6 Å². The van der Waals surface area contributed by atoms with Gasteiger partial charge in [0.05, 0.1) is 6.04 Å². The number of nitrogens with one attached hydrogen (secondary N) is 1. The molecule has 2 aliphatic rings. The van der Waals surface area contributed by atoms with Gasteiger partial charge >= 0.3 is 0 Å². The van der Waals surface area contributed by atoms with Gasteiger partial charge in [-0.15, -0.1) is 0 Å². The number of likely N-dealkylation sites (tertiary alicyclic amines) is 1. The summed E-state index contributed by atoms with van der Waals surface area (Å²) in [5.41, 5.74) is 1.37. The Labute approximate surface area is 161 Å². The first kappa shape index (κ1) is 18.6. The Balaban J connectivity index is 1.44. The molecule has 0 saturated carbocycles. The van der Waals surface area contributed by atoms with Crippen LogP contribution in [0.2, 0.25) is 0 Å². The molecule has 1 N–H and O–H groups in total. The molecule has 146 valence electrons. The van der Waals surface area contributed by atoms with Gasteiger partial charge in [0.2, 0.25) is 5.89 Å². The topological polar surface area (TPSA) is 63.4 Å². The number of hydrogen-bond acceptors (Lipinski definition) is 6. The molecule has 3 unspecified atom stereocenters. The zero-order valence-electron chi connectivity index (χ0n) is 16.3. The van der Waals surface area contributed by atoms with Gasteiger partial charge in [0.25, 0.3) is 0 Å². The van der Waals surface area contributed by atoms with E-state index in [0.717, 1.165) is 51.6 Å². The van der Waals surface area contributed by atoms with Gasteiger partial charge in [0.1, 0.15) is 0 Å². The largest absolute Gasteiger partial charge is 0.381 e. The second-order valence-corrected chi connectivity index (χ2v) is 8.04. The maximum Gasteiger partial charge on any atom is 0.244 e. The molecule has 4 rings (SSSR count). The Hall–Kier alpha value is -1.76. The van der Waals surface area contributed by atoms with E-state index in [1.807, 2.05) is 6.92 Å². The molecule has 0 radical (unpaired) electrons. The summed E-state index contributed by atoms with van der Waals surface area (Å²) in [5.74, 6) is 2.50. The maximum atomic E-state index is 5.57. The first-order valence-electron chi connectivity index (χ1n) is 10.1. The van der Waals surface area contributed by atoms with Gasteiger partial charge in [-0.25, -0.2) is 0 Å². The van der Waals surface area contributed by atoms with Crippen LogP contribution in [0.3, 0.4) is 0 Å². The van der Waals surface area contributed by atoms with Gasteiger partial charge in [-0.3, -0.25) is 4.90 Å². The summed E-state index contributed by atoms with van der Waals surface area (Å²) >= 11 is 0. The highest BCUT2D eigenvalue weighted by Gasteiger charge is 2.36. The molecular formula is C21H30N4O2. The van der Waals surface area contributed by atoms with E-state index in [9.17, 15) is 0 Å². The summed E-state index contributed by atoms with van der Waals surface area (Å²) < 4.78 is 11.1. The van der Waals surface area contributed by atoms with E-state index in [1.165, 1.54) is 5.56 Å². The number of benzene rings is 1. The smallest absolute Gasteiger partial charge is 0.244 e. The molecule has 2 aromatic rings. The van der Waals surface area contributed by atoms with Gasteiger partial charge in [-0.1, -0.05) is 42.4 Å². The third kappa shape index (κ3) is 4.57. The zero-order chi connectivity index (χ0) is 18.6. The lowest BCUT2D eigenvalue weighted by atomic mass is 9.90. The van der Waals surface area contributed by atoms with Crippen LogP contribution in [0, 0.1) is 18.8 Å². The first-order valence-corrected chi connectivity index (χ1v) is 10.1. The van der Waals surface area contributed by atoms with Crippen molar-refractivity contribution >= 4 is 0 Å². The Morgan fingerprint density at radius 2 is 1.96 bits per heavy atom. The number of hydrogen-bond donors (Lipinski definition) is 1. The van der Waals surface area contributed by atoms with Crippen LogP contribution in [0.4, 0.5) is 0 Å². The summed E-state index contributed by atoms with van der Waals surface area (Å²) in [6.07, 6.45) is 2.07. The minimum absolute atomic E-state index is 0.110. The summed E-state index contributed by atoms with van der Waals surface area (Å²) in [6, 6.07) is 11.3. The molecular weight excluding hydrogens is 340 g/mol. The molecule has 2 aliphatic heterocycles. The average Bonchev–Trinajstić information content (AvgIpc) is 3.26. The summed E-state index contributed by atoms with van der Waals surface area (Å²) in [4.78, 5) is 7.08. The highest BCUT2D eigenvalue weighted by molar-refractivity contribution is 5.15. The van der Waals surface area contributed by atoms with E-state index >= 15 is 0 Å². The first-order chi connectivity index (χ1) is 13.2. The summed E-state index contributed by atoms with van der Waals surface area (Å²) in [7, 11) is 0. The van der Waals surface area contributed by atoms with Crippen molar-refractivity contribution < 1.29 is 9.26 Å². The van der Waals surface area contributed by atoms with Crippen LogP contribution in [-0.4, -0.2) is 47.4 Å². The van der Waals surface area contributed by atoms with Gasteiger partial charge in [-0.2, -0.15) is 4.98 Å². The minimum atomic E-state index is 0.110. The van der Waals surface area contributed by atoms with Crippen molar-refractivity contribution in [2.75, 3.05) is 26.3 Å². The molecule has 1 aromatic heterocycles. The molecule has 2 saturated heterocycles. The van der Waals surface area contributed by atoms with Gasteiger partial charge in [0, 0.05) is 38.9 Å². The van der Waals surface area contributed by atoms with Crippen LogP contribution in [-0.2, 0) is 11.3 Å². The molecule has 0 aliphatic carbocycles. The fraction of sp³-hybridized carbons (Fsp3) is 0.619. The third-order valence-corrected chi connectivity index (χ3v) is 5.88. The molecule has 1 aromatic carbocycles. The van der Waals surface area contributed by atoms with Crippen molar-refractivity contribution in [3.8, 4) is 0 Å². The number of nitrogens with zero attached hydrogens (tertiary/aromatic N) is 3. The summed E-state index contributed by atoms with van der Waals surface area (Å²) in [6.45, 7) is 9.01. The minimum Gasteiger partial charge on any atom is -0.381 e. The highest BCUT2D eigenvalue weighted by atomic mass is 16.5. The molecule has 3 heterocycles. The lowest BCUT2D eigenvalue weighted by Crippen LogP contribution is -2.42. The second-order valence-electron chi connectivity index (χ2n) is 8.04. The predicted octanol–water partition coefficient (Wildman–Crippen LogP) is 2.96. The van der Waals surface area contributed by atoms with Crippen molar-refractivity contribution in [2.45, 2.75) is 45.3 Å². The second kappa shape index (κ2) is 8.50. The monoisotopic (exact) mass is 370 g/mol. The average molecular weight is 370 g/mol. The highest BCUT2D eigenvalue weighted by Crippen LogP contribution is 2.31. The molecule has 27 heavy (non-hydrogen) atoms. The van der Waals surface area contributed by atoms with Crippen molar-refractivity contribution in [3.63, 3.8) is 0 Å². The lowest BCUT2D eigenvalue weighted by molar-refractivity contribution is 0.0461. The third-order valence-electron chi connectivity index (χ3n) is 5.88. The van der Waals surface area contributed by atoms with E-state index < -0.39 is 0 Å². The molecule has 0 spiro atoms. The van der Waals surface area contributed by atoms with Crippen molar-refractivity contribution in [1.29, 1.82) is 0 Å². The van der Waals surface area contributed by atoms with Crippen LogP contribution in [0.25, 0.3) is 0 Å². The van der Waals surface area contributed by atoms with Crippen LogP contribution in [0.5, 0.6) is 0 Å².